The van der Waals surface area contributed by atoms with Gasteiger partial charge in [0.1, 0.15) is 0 Å². The van der Waals surface area contributed by atoms with Crippen molar-refractivity contribution in [2.45, 2.75) is 46.0 Å². The number of nitrogens with zero attached hydrogens (tertiary/aromatic N) is 1. The summed E-state index contributed by atoms with van der Waals surface area (Å²) in [5.41, 5.74) is 7.47. The number of likely N-dealkylation sites (tertiary alicyclic amines) is 1. The molecule has 1 aliphatic heterocycles. The number of carbonyl (C=O) groups is 1. The molecule has 0 aliphatic carbocycles. The molecule has 0 unspecified atom stereocenters. The van der Waals surface area contributed by atoms with Crippen LogP contribution in [0.3, 0.4) is 0 Å². The normalized spacial score (nSPS) is 16.4. The first-order valence-electron chi connectivity index (χ1n) is 8.17. The molecule has 3 nitrogen and oxygen atoms in total. The highest BCUT2D eigenvalue weighted by Crippen LogP contribution is 2.24. The van der Waals surface area contributed by atoms with E-state index < -0.39 is 0 Å². The summed E-state index contributed by atoms with van der Waals surface area (Å²) in [5, 5.41) is 0. The van der Waals surface area contributed by atoms with E-state index in [4.69, 9.17) is 5.73 Å². The Bertz CT molecular complexity index is 445. The molecule has 2 rings (SSSR count). The molecule has 0 aromatic heterocycles. The summed E-state index contributed by atoms with van der Waals surface area (Å²) in [6, 6.07) is 7.62. The number of amides is 1. The molecule has 0 saturated carbocycles. The second-order valence-electron chi connectivity index (χ2n) is 6.71. The van der Waals surface area contributed by atoms with Crippen molar-refractivity contribution in [3.8, 4) is 0 Å². The number of nitrogens with two attached hydrogens (primary N) is 1. The Balaban J connectivity index is 1.76. The Morgan fingerprint density at radius 1 is 1.24 bits per heavy atom. The minimum absolute atomic E-state index is 0.252. The first kappa shape index (κ1) is 15.9. The van der Waals surface area contributed by atoms with Crippen LogP contribution in [0.25, 0.3) is 0 Å². The van der Waals surface area contributed by atoms with Crippen LogP contribution in [0.5, 0.6) is 0 Å². The van der Waals surface area contributed by atoms with Gasteiger partial charge in [0.05, 0.1) is 6.42 Å². The van der Waals surface area contributed by atoms with Gasteiger partial charge in [-0.2, -0.15) is 0 Å². The standard InChI is InChI=1S/C18H28N2O/c1-14(2)3-4-15-9-11-20(12-10-15)18(21)13-16-5-7-17(19)8-6-16/h5-8,14-15H,3-4,9-13,19H2,1-2H3. The molecule has 1 heterocycles. The highest BCUT2D eigenvalue weighted by Gasteiger charge is 2.22. The average molecular weight is 288 g/mol. The van der Waals surface area contributed by atoms with Crippen LogP contribution < -0.4 is 5.73 Å². The number of hydrogen-bond acceptors (Lipinski definition) is 2. The molecule has 0 radical (unpaired) electrons. The minimum atomic E-state index is 0.252. The molecule has 3 heteroatoms. The Morgan fingerprint density at radius 3 is 2.43 bits per heavy atom. The van der Waals surface area contributed by atoms with Gasteiger partial charge in [-0.15, -0.1) is 0 Å². The highest BCUT2D eigenvalue weighted by atomic mass is 16.2. The van der Waals surface area contributed by atoms with Gasteiger partial charge in [-0.05, 0) is 42.4 Å². The quantitative estimate of drug-likeness (QED) is 0.843. The van der Waals surface area contributed by atoms with E-state index in [1.165, 1.54) is 25.7 Å². The summed E-state index contributed by atoms with van der Waals surface area (Å²) in [6.07, 6.45) is 5.46. The lowest BCUT2D eigenvalue weighted by Gasteiger charge is -2.32. The summed E-state index contributed by atoms with van der Waals surface area (Å²) in [5.74, 6) is 1.85. The maximum Gasteiger partial charge on any atom is 0.226 e. The van der Waals surface area contributed by atoms with Crippen molar-refractivity contribution in [3.63, 3.8) is 0 Å². The van der Waals surface area contributed by atoms with Crippen LogP contribution in [0.1, 0.15) is 45.1 Å². The Morgan fingerprint density at radius 2 is 1.86 bits per heavy atom. The van der Waals surface area contributed by atoms with Crippen molar-refractivity contribution in [1.29, 1.82) is 0 Å². The number of rotatable bonds is 5. The zero-order chi connectivity index (χ0) is 15.2. The van der Waals surface area contributed by atoms with Crippen LogP contribution in [0.15, 0.2) is 24.3 Å². The molecular weight excluding hydrogens is 260 g/mol. The molecule has 0 bridgehead atoms. The van der Waals surface area contributed by atoms with Crippen molar-refractivity contribution >= 4 is 11.6 Å². The fraction of sp³-hybridized carbons (Fsp3) is 0.611. The third-order valence-corrected chi connectivity index (χ3v) is 4.45. The lowest BCUT2D eigenvalue weighted by Crippen LogP contribution is -2.39. The highest BCUT2D eigenvalue weighted by molar-refractivity contribution is 5.79. The van der Waals surface area contributed by atoms with Crippen LogP contribution in [0.4, 0.5) is 5.69 Å². The lowest BCUT2D eigenvalue weighted by atomic mass is 9.89. The summed E-state index contributed by atoms with van der Waals surface area (Å²) in [7, 11) is 0. The van der Waals surface area contributed by atoms with Crippen molar-refractivity contribution in [2.75, 3.05) is 18.8 Å². The van der Waals surface area contributed by atoms with Crippen molar-refractivity contribution in [1.82, 2.24) is 4.90 Å². The van der Waals surface area contributed by atoms with E-state index in [0.717, 1.165) is 36.2 Å². The third-order valence-electron chi connectivity index (χ3n) is 4.45. The van der Waals surface area contributed by atoms with E-state index in [9.17, 15) is 4.79 Å². The summed E-state index contributed by atoms with van der Waals surface area (Å²) >= 11 is 0. The van der Waals surface area contributed by atoms with Gasteiger partial charge in [-0.25, -0.2) is 0 Å². The zero-order valence-electron chi connectivity index (χ0n) is 13.3. The first-order valence-corrected chi connectivity index (χ1v) is 8.17. The van der Waals surface area contributed by atoms with Gasteiger partial charge in [0, 0.05) is 18.8 Å². The fourth-order valence-corrected chi connectivity index (χ4v) is 2.96. The van der Waals surface area contributed by atoms with Crippen LogP contribution in [-0.4, -0.2) is 23.9 Å². The van der Waals surface area contributed by atoms with Crippen LogP contribution in [0.2, 0.25) is 0 Å². The zero-order valence-corrected chi connectivity index (χ0v) is 13.3. The van der Waals surface area contributed by atoms with Crippen LogP contribution >= 0.6 is 0 Å². The molecular formula is C18H28N2O. The van der Waals surface area contributed by atoms with Crippen molar-refractivity contribution < 1.29 is 4.79 Å². The molecule has 1 fully saturated rings. The average Bonchev–Trinajstić information content (AvgIpc) is 2.48. The second kappa shape index (κ2) is 7.48. The van der Waals surface area contributed by atoms with Gasteiger partial charge in [0.15, 0.2) is 0 Å². The van der Waals surface area contributed by atoms with E-state index in [2.05, 4.69) is 13.8 Å². The summed E-state index contributed by atoms with van der Waals surface area (Å²) in [4.78, 5) is 14.3. The van der Waals surface area contributed by atoms with E-state index in [0.29, 0.717) is 6.42 Å². The van der Waals surface area contributed by atoms with E-state index >= 15 is 0 Å². The lowest BCUT2D eigenvalue weighted by molar-refractivity contribution is -0.131. The summed E-state index contributed by atoms with van der Waals surface area (Å²) in [6.45, 7) is 6.42. The Hall–Kier alpha value is -1.51. The van der Waals surface area contributed by atoms with Gasteiger partial charge in [0.2, 0.25) is 5.91 Å². The monoisotopic (exact) mass is 288 g/mol. The Labute approximate surface area is 128 Å². The molecule has 116 valence electrons. The first-order chi connectivity index (χ1) is 10.0. The SMILES string of the molecule is CC(C)CCC1CCN(C(=O)Cc2ccc(N)cc2)CC1. The van der Waals surface area contributed by atoms with Gasteiger partial charge in [-0.3, -0.25) is 4.79 Å². The molecule has 21 heavy (non-hydrogen) atoms. The van der Waals surface area contributed by atoms with E-state index in [1.807, 2.05) is 29.2 Å². The number of carbonyl (C=O) groups excluding carboxylic acids is 1. The maximum atomic E-state index is 12.3. The number of anilines is 1. The predicted molar refractivity (Wildman–Crippen MR) is 87.9 cm³/mol. The van der Waals surface area contributed by atoms with Crippen LogP contribution in [0, 0.1) is 11.8 Å². The minimum Gasteiger partial charge on any atom is -0.399 e. The van der Waals surface area contributed by atoms with Gasteiger partial charge in [-0.1, -0.05) is 38.8 Å². The van der Waals surface area contributed by atoms with E-state index in [1.54, 1.807) is 0 Å². The number of hydrogen-bond donors (Lipinski definition) is 1. The van der Waals surface area contributed by atoms with Crippen LogP contribution in [-0.2, 0) is 11.2 Å². The Kier molecular flexibility index (Phi) is 5.66. The van der Waals surface area contributed by atoms with Crippen molar-refractivity contribution in [3.05, 3.63) is 29.8 Å². The molecule has 1 aromatic rings. The molecule has 1 saturated heterocycles. The predicted octanol–water partition coefficient (Wildman–Crippen LogP) is 3.49. The largest absolute Gasteiger partial charge is 0.399 e. The van der Waals surface area contributed by atoms with Crippen molar-refractivity contribution in [2.24, 2.45) is 11.8 Å². The second-order valence-corrected chi connectivity index (χ2v) is 6.71. The van der Waals surface area contributed by atoms with Gasteiger partial charge < -0.3 is 10.6 Å². The fourth-order valence-electron chi connectivity index (χ4n) is 2.96. The smallest absolute Gasteiger partial charge is 0.226 e. The summed E-state index contributed by atoms with van der Waals surface area (Å²) < 4.78 is 0. The molecule has 1 aromatic carbocycles. The molecule has 0 spiro atoms. The molecule has 1 aliphatic rings. The third kappa shape index (κ3) is 5.07. The van der Waals surface area contributed by atoms with Gasteiger partial charge >= 0.3 is 0 Å². The van der Waals surface area contributed by atoms with E-state index in [-0.39, 0.29) is 5.91 Å². The molecule has 0 atom stereocenters. The molecule has 1 amide bonds. The number of nitrogen functional groups attached to an aromatic ring is 1. The topological polar surface area (TPSA) is 46.3 Å². The number of piperidine rings is 1. The molecule has 2 N–H and O–H groups in total. The number of benzene rings is 1. The maximum absolute atomic E-state index is 12.3. The van der Waals surface area contributed by atoms with Gasteiger partial charge in [0.25, 0.3) is 0 Å².